The zero-order valence-corrected chi connectivity index (χ0v) is 27.2. The van der Waals surface area contributed by atoms with Crippen molar-refractivity contribution in [3.63, 3.8) is 0 Å². The fourth-order valence-electron chi connectivity index (χ4n) is 8.61. The first kappa shape index (κ1) is 27.4. The number of allylic oxidation sites excluding steroid dienone is 2. The van der Waals surface area contributed by atoms with Crippen LogP contribution in [0.4, 0.5) is 5.69 Å². The predicted molar refractivity (Wildman–Crippen MR) is 212 cm³/mol. The summed E-state index contributed by atoms with van der Waals surface area (Å²) in [5, 5.41) is 5.03. The van der Waals surface area contributed by atoms with Crippen LogP contribution in [-0.2, 0) is 0 Å². The fourth-order valence-corrected chi connectivity index (χ4v) is 8.61. The molecule has 232 valence electrons. The number of hydrogen-bond acceptors (Lipinski definition) is 1. The van der Waals surface area contributed by atoms with E-state index in [9.17, 15) is 0 Å². The minimum atomic E-state index is 0.0884. The molecule has 0 N–H and O–H groups in total. The quantitative estimate of drug-likeness (QED) is 0.172. The number of para-hydroxylation sites is 3. The van der Waals surface area contributed by atoms with Gasteiger partial charge in [-0.3, -0.25) is 0 Å². The van der Waals surface area contributed by atoms with Gasteiger partial charge in [-0.2, -0.15) is 0 Å². The predicted octanol–water partition coefficient (Wildman–Crippen LogP) is 10.9. The van der Waals surface area contributed by atoms with Gasteiger partial charge in [0.2, 0.25) is 0 Å². The first-order valence-electron chi connectivity index (χ1n) is 17.3. The Labute approximate surface area is 290 Å². The standard InChI is InChI=1S/C46H30BN3/c1-2-14-34-33(13-1)35-15-3-7-19-41(35)47-27-11-12-28-48(47)46-30-32(23-25-39(34)46)50-44-22-10-6-18-38(44)40-29-31(24-26-45(40)50)49-42-20-8-4-16-36(42)37-17-5-9-21-43(37)49/h1-30H. The summed E-state index contributed by atoms with van der Waals surface area (Å²) >= 11 is 0. The van der Waals surface area contributed by atoms with E-state index in [1.165, 1.54) is 82.7 Å². The zero-order valence-electron chi connectivity index (χ0n) is 27.2. The van der Waals surface area contributed by atoms with Gasteiger partial charge in [0.15, 0.2) is 0 Å². The smallest absolute Gasteiger partial charge is 0.320 e. The Hall–Kier alpha value is -6.52. The Bertz CT molecular complexity index is 2850. The van der Waals surface area contributed by atoms with Crippen molar-refractivity contribution in [2.45, 2.75) is 0 Å². The molecule has 0 unspecified atom stereocenters. The maximum absolute atomic E-state index is 2.45. The molecule has 0 atom stereocenters. The average molecular weight is 636 g/mol. The van der Waals surface area contributed by atoms with Gasteiger partial charge in [-0.15, -0.1) is 0 Å². The number of hydrogen-bond donors (Lipinski definition) is 0. The van der Waals surface area contributed by atoms with Crippen LogP contribution >= 0.6 is 0 Å². The van der Waals surface area contributed by atoms with Crippen LogP contribution in [0.2, 0.25) is 0 Å². The van der Waals surface area contributed by atoms with Crippen LogP contribution in [0.3, 0.4) is 0 Å². The molecule has 9 aromatic rings. The second-order valence-electron chi connectivity index (χ2n) is 13.3. The molecule has 0 radical (unpaired) electrons. The first-order chi connectivity index (χ1) is 24.8. The molecule has 2 aliphatic heterocycles. The van der Waals surface area contributed by atoms with Gasteiger partial charge in [-0.05, 0) is 83.0 Å². The molecule has 0 fully saturated rings. The van der Waals surface area contributed by atoms with E-state index in [2.05, 4.69) is 196 Å². The Morgan fingerprint density at radius 2 is 0.900 bits per heavy atom. The van der Waals surface area contributed by atoms with Gasteiger partial charge in [-0.25, -0.2) is 0 Å². The molecule has 3 nitrogen and oxygen atoms in total. The third kappa shape index (κ3) is 3.82. The molecule has 11 rings (SSSR count). The SMILES string of the molecule is C1=CB2c3ccccc3-c3ccccc3-c3ccc(-n4c5ccccc5c5cc(-n6c7ccccc7c7ccccc76)ccc54)cc3N2C=C1. The fraction of sp³-hybridized carbons (Fsp3) is 0. The van der Waals surface area contributed by atoms with Crippen LogP contribution in [0, 0.1) is 0 Å². The van der Waals surface area contributed by atoms with E-state index in [-0.39, 0.29) is 6.85 Å². The average Bonchev–Trinajstić information content (AvgIpc) is 3.70. The monoisotopic (exact) mass is 635 g/mol. The van der Waals surface area contributed by atoms with Crippen molar-refractivity contribution in [1.29, 1.82) is 0 Å². The summed E-state index contributed by atoms with van der Waals surface area (Å²) in [5.41, 5.74) is 14.7. The summed E-state index contributed by atoms with van der Waals surface area (Å²) in [6.45, 7) is 0.0884. The minimum Gasteiger partial charge on any atom is -0.383 e. The molecule has 0 saturated carbocycles. The molecular formula is C46H30BN3. The third-order valence-corrected chi connectivity index (χ3v) is 10.7. The number of benzene rings is 7. The summed E-state index contributed by atoms with van der Waals surface area (Å²) in [4.78, 5) is 2.45. The molecule has 7 aromatic carbocycles. The molecule has 2 aromatic heterocycles. The highest BCUT2D eigenvalue weighted by atomic mass is 15.1. The number of anilines is 1. The molecular weight excluding hydrogens is 605 g/mol. The lowest BCUT2D eigenvalue weighted by molar-refractivity contribution is 1.16. The molecule has 4 heteroatoms. The van der Waals surface area contributed by atoms with Gasteiger partial charge >= 0.3 is 6.85 Å². The van der Waals surface area contributed by atoms with Gasteiger partial charge in [0.25, 0.3) is 0 Å². The van der Waals surface area contributed by atoms with Crippen molar-refractivity contribution in [3.05, 3.63) is 182 Å². The highest BCUT2D eigenvalue weighted by Crippen LogP contribution is 2.43. The van der Waals surface area contributed by atoms with Gasteiger partial charge in [0.05, 0.1) is 22.1 Å². The van der Waals surface area contributed by atoms with Crippen molar-refractivity contribution in [2.24, 2.45) is 0 Å². The molecule has 2 aliphatic rings. The van der Waals surface area contributed by atoms with Gasteiger partial charge in [-0.1, -0.05) is 121 Å². The summed E-state index contributed by atoms with van der Waals surface area (Å²) < 4.78 is 4.85. The van der Waals surface area contributed by atoms with Crippen molar-refractivity contribution < 1.29 is 0 Å². The summed E-state index contributed by atoms with van der Waals surface area (Å²) in [7, 11) is 0. The van der Waals surface area contributed by atoms with Crippen LogP contribution < -0.4 is 10.3 Å². The molecule has 50 heavy (non-hydrogen) atoms. The zero-order chi connectivity index (χ0) is 32.8. The summed E-state index contributed by atoms with van der Waals surface area (Å²) in [6.07, 6.45) is 6.57. The number of nitrogens with zero attached hydrogens (tertiary/aromatic N) is 3. The van der Waals surface area contributed by atoms with Crippen molar-refractivity contribution >= 4 is 61.6 Å². The van der Waals surface area contributed by atoms with E-state index >= 15 is 0 Å². The van der Waals surface area contributed by atoms with Crippen molar-refractivity contribution in [3.8, 4) is 33.6 Å². The lowest BCUT2D eigenvalue weighted by Gasteiger charge is -2.34. The van der Waals surface area contributed by atoms with Gasteiger partial charge in [0.1, 0.15) is 0 Å². The highest BCUT2D eigenvalue weighted by Gasteiger charge is 2.31. The topological polar surface area (TPSA) is 13.1 Å². The normalized spacial score (nSPS) is 13.4. The number of aromatic nitrogens is 2. The lowest BCUT2D eigenvalue weighted by Crippen LogP contribution is -2.47. The van der Waals surface area contributed by atoms with Crippen LogP contribution in [0.25, 0.3) is 77.2 Å². The van der Waals surface area contributed by atoms with Crippen molar-refractivity contribution in [2.75, 3.05) is 4.81 Å². The van der Waals surface area contributed by atoms with Crippen LogP contribution in [-0.4, -0.2) is 16.0 Å². The second-order valence-corrected chi connectivity index (χ2v) is 13.3. The third-order valence-electron chi connectivity index (χ3n) is 10.7. The van der Waals surface area contributed by atoms with E-state index in [1.54, 1.807) is 0 Å². The number of fused-ring (bicyclic) bond motifs is 14. The van der Waals surface area contributed by atoms with Crippen LogP contribution in [0.15, 0.2) is 182 Å². The lowest BCUT2D eigenvalue weighted by atomic mass is 9.51. The summed E-state index contributed by atoms with van der Waals surface area (Å²) in [6, 6.07) is 58.0. The Morgan fingerprint density at radius 3 is 1.60 bits per heavy atom. The van der Waals surface area contributed by atoms with E-state index in [4.69, 9.17) is 0 Å². The van der Waals surface area contributed by atoms with Crippen LogP contribution in [0.1, 0.15) is 0 Å². The van der Waals surface area contributed by atoms with E-state index < -0.39 is 0 Å². The Morgan fingerprint density at radius 1 is 0.380 bits per heavy atom. The van der Waals surface area contributed by atoms with Gasteiger partial charge < -0.3 is 13.9 Å². The maximum Gasteiger partial charge on any atom is 0.320 e. The summed E-state index contributed by atoms with van der Waals surface area (Å²) in [5.74, 6) is 2.32. The number of rotatable bonds is 2. The first-order valence-corrected chi connectivity index (χ1v) is 17.3. The molecule has 0 spiro atoms. The Balaban J connectivity index is 1.16. The molecule has 0 amide bonds. The second kappa shape index (κ2) is 10.5. The van der Waals surface area contributed by atoms with Gasteiger partial charge in [0, 0.05) is 44.2 Å². The van der Waals surface area contributed by atoms with E-state index in [0.29, 0.717) is 0 Å². The minimum absolute atomic E-state index is 0.0884. The van der Waals surface area contributed by atoms with Crippen molar-refractivity contribution in [1.82, 2.24) is 9.13 Å². The molecule has 0 saturated heterocycles. The largest absolute Gasteiger partial charge is 0.383 e. The molecule has 0 bridgehead atoms. The molecule has 0 aliphatic carbocycles. The maximum atomic E-state index is 2.45. The van der Waals surface area contributed by atoms with E-state index in [1.807, 2.05) is 0 Å². The van der Waals surface area contributed by atoms with E-state index in [0.717, 1.165) is 5.69 Å². The van der Waals surface area contributed by atoms with Crippen LogP contribution in [0.5, 0.6) is 0 Å². The highest BCUT2D eigenvalue weighted by molar-refractivity contribution is 6.83. The molecule has 4 heterocycles. The Kier molecular flexibility index (Phi) is 5.76.